The van der Waals surface area contributed by atoms with Gasteiger partial charge in [-0.3, -0.25) is 4.79 Å². The number of hydrogen-bond acceptors (Lipinski definition) is 3. The number of nitrogens with zero attached hydrogens (tertiary/aromatic N) is 1. The summed E-state index contributed by atoms with van der Waals surface area (Å²) in [5, 5.41) is 11.8. The van der Waals surface area contributed by atoms with Crippen LogP contribution in [0.25, 0.3) is 0 Å². The Morgan fingerprint density at radius 2 is 2.17 bits per heavy atom. The Morgan fingerprint density at radius 3 is 2.78 bits per heavy atom. The summed E-state index contributed by atoms with van der Waals surface area (Å²) in [6.07, 6.45) is 0. The van der Waals surface area contributed by atoms with Crippen LogP contribution >= 0.6 is 27.5 Å². The minimum absolute atomic E-state index is 0.176. The molecule has 0 fully saturated rings. The summed E-state index contributed by atoms with van der Waals surface area (Å²) < 4.78 is 5.58. The molecule has 1 N–H and O–H groups in total. The fourth-order valence-electron chi connectivity index (χ4n) is 1.32. The van der Waals surface area contributed by atoms with E-state index in [0.29, 0.717) is 20.9 Å². The Bertz CT molecular complexity index is 646. The topological polar surface area (TPSA) is 66.0 Å². The van der Waals surface area contributed by atoms with Gasteiger partial charge in [-0.1, -0.05) is 11.6 Å². The van der Waals surface area contributed by atoms with Gasteiger partial charge in [0.05, 0.1) is 10.6 Å². The summed E-state index contributed by atoms with van der Waals surface area (Å²) in [7, 11) is 0. The van der Waals surface area contributed by atoms with Gasteiger partial charge in [-0.15, -0.1) is 0 Å². The fraction of sp³-hybridized carbons (Fsp3) is 0. The van der Waals surface area contributed by atoms with Gasteiger partial charge in [-0.2, -0.15) is 5.26 Å². The Labute approximate surface area is 116 Å². The van der Waals surface area contributed by atoms with Crippen LogP contribution in [0.4, 0.5) is 5.69 Å². The van der Waals surface area contributed by atoms with Gasteiger partial charge in [0.15, 0.2) is 10.4 Å². The van der Waals surface area contributed by atoms with E-state index in [9.17, 15) is 4.79 Å². The average molecular weight is 326 g/mol. The number of rotatable bonds is 2. The monoisotopic (exact) mass is 324 g/mol. The van der Waals surface area contributed by atoms with Crippen molar-refractivity contribution in [3.8, 4) is 6.07 Å². The normalized spacial score (nSPS) is 9.83. The molecule has 1 aromatic carbocycles. The molecular formula is C12H6BrClN2O2. The van der Waals surface area contributed by atoms with Crippen LogP contribution in [0.2, 0.25) is 5.02 Å². The van der Waals surface area contributed by atoms with Gasteiger partial charge in [0.2, 0.25) is 0 Å². The number of anilines is 1. The predicted molar refractivity (Wildman–Crippen MR) is 70.5 cm³/mol. The number of amides is 1. The zero-order valence-electron chi connectivity index (χ0n) is 8.91. The maximum atomic E-state index is 11.8. The number of carbonyl (C=O) groups is 1. The van der Waals surface area contributed by atoms with E-state index in [1.165, 1.54) is 6.07 Å². The lowest BCUT2D eigenvalue weighted by Crippen LogP contribution is -2.10. The zero-order valence-corrected chi connectivity index (χ0v) is 11.2. The molecule has 0 spiro atoms. The SMILES string of the molecule is N#Cc1cc(NC(=O)c2ccc(Br)o2)ccc1Cl. The van der Waals surface area contributed by atoms with Crippen LogP contribution in [0, 0.1) is 11.3 Å². The van der Waals surface area contributed by atoms with E-state index in [2.05, 4.69) is 21.2 Å². The fourth-order valence-corrected chi connectivity index (χ4v) is 1.78. The predicted octanol–water partition coefficient (Wildman–Crippen LogP) is 3.82. The van der Waals surface area contributed by atoms with Crippen molar-refractivity contribution < 1.29 is 9.21 Å². The molecule has 0 atom stereocenters. The molecule has 0 aliphatic heterocycles. The minimum atomic E-state index is -0.396. The van der Waals surface area contributed by atoms with Crippen molar-refractivity contribution in [3.63, 3.8) is 0 Å². The van der Waals surface area contributed by atoms with Crippen LogP contribution in [-0.2, 0) is 0 Å². The molecule has 18 heavy (non-hydrogen) atoms. The quantitative estimate of drug-likeness (QED) is 0.912. The molecule has 0 saturated carbocycles. The maximum Gasteiger partial charge on any atom is 0.291 e. The number of benzene rings is 1. The zero-order chi connectivity index (χ0) is 13.1. The van der Waals surface area contributed by atoms with Crippen molar-refractivity contribution in [3.05, 3.63) is 51.3 Å². The van der Waals surface area contributed by atoms with Crippen molar-refractivity contribution in [1.29, 1.82) is 5.26 Å². The Hall–Kier alpha value is -1.77. The molecule has 1 aromatic heterocycles. The second-order valence-electron chi connectivity index (χ2n) is 3.36. The first-order valence-electron chi connectivity index (χ1n) is 4.86. The van der Waals surface area contributed by atoms with Crippen LogP contribution in [0.3, 0.4) is 0 Å². The summed E-state index contributed by atoms with van der Waals surface area (Å²) in [4.78, 5) is 11.8. The molecule has 90 valence electrons. The van der Waals surface area contributed by atoms with E-state index in [0.717, 1.165) is 0 Å². The summed E-state index contributed by atoms with van der Waals surface area (Å²) in [6, 6.07) is 9.76. The maximum absolute atomic E-state index is 11.8. The molecule has 1 amide bonds. The van der Waals surface area contributed by atoms with Crippen LogP contribution in [-0.4, -0.2) is 5.91 Å². The first-order valence-corrected chi connectivity index (χ1v) is 6.03. The van der Waals surface area contributed by atoms with Gasteiger partial charge in [0.1, 0.15) is 6.07 Å². The van der Waals surface area contributed by atoms with Crippen molar-refractivity contribution in [2.45, 2.75) is 0 Å². The number of furan rings is 1. The molecule has 0 aliphatic rings. The number of halogens is 2. The van der Waals surface area contributed by atoms with Gasteiger partial charge in [-0.25, -0.2) is 0 Å². The molecule has 0 radical (unpaired) electrons. The van der Waals surface area contributed by atoms with Crippen molar-refractivity contribution in [2.75, 3.05) is 5.32 Å². The van der Waals surface area contributed by atoms with E-state index >= 15 is 0 Å². The molecule has 2 aromatic rings. The molecule has 0 saturated heterocycles. The number of carbonyl (C=O) groups excluding carboxylic acids is 1. The van der Waals surface area contributed by atoms with Crippen LogP contribution in [0.1, 0.15) is 16.1 Å². The highest BCUT2D eigenvalue weighted by atomic mass is 79.9. The highest BCUT2D eigenvalue weighted by Gasteiger charge is 2.11. The molecule has 0 bridgehead atoms. The molecule has 2 rings (SSSR count). The van der Waals surface area contributed by atoms with Crippen molar-refractivity contribution >= 4 is 39.1 Å². The first kappa shape index (κ1) is 12.7. The Kier molecular flexibility index (Phi) is 3.70. The lowest BCUT2D eigenvalue weighted by atomic mass is 10.2. The molecule has 6 heteroatoms. The molecule has 4 nitrogen and oxygen atoms in total. The molecule has 0 aliphatic carbocycles. The number of hydrogen-bond donors (Lipinski definition) is 1. The molecule has 0 unspecified atom stereocenters. The minimum Gasteiger partial charge on any atom is -0.444 e. The third-order valence-corrected chi connectivity index (χ3v) is 2.90. The summed E-state index contributed by atoms with van der Waals surface area (Å²) in [5.41, 5.74) is 0.781. The van der Waals surface area contributed by atoms with Gasteiger partial charge in [-0.05, 0) is 46.3 Å². The van der Waals surface area contributed by atoms with Crippen LogP contribution < -0.4 is 5.32 Å². The second kappa shape index (κ2) is 5.25. The number of nitriles is 1. The van der Waals surface area contributed by atoms with Crippen molar-refractivity contribution in [1.82, 2.24) is 0 Å². The van der Waals surface area contributed by atoms with Gasteiger partial charge >= 0.3 is 0 Å². The van der Waals surface area contributed by atoms with E-state index in [-0.39, 0.29) is 5.76 Å². The third kappa shape index (κ3) is 2.73. The Morgan fingerprint density at radius 1 is 1.39 bits per heavy atom. The largest absolute Gasteiger partial charge is 0.444 e. The van der Waals surface area contributed by atoms with Crippen LogP contribution in [0.15, 0.2) is 39.4 Å². The van der Waals surface area contributed by atoms with Crippen LogP contribution in [0.5, 0.6) is 0 Å². The average Bonchev–Trinajstić information content (AvgIpc) is 2.78. The van der Waals surface area contributed by atoms with Gasteiger partial charge in [0, 0.05) is 5.69 Å². The number of nitrogens with one attached hydrogen (secondary N) is 1. The van der Waals surface area contributed by atoms with Crippen molar-refractivity contribution in [2.24, 2.45) is 0 Å². The van der Waals surface area contributed by atoms with Gasteiger partial charge < -0.3 is 9.73 Å². The van der Waals surface area contributed by atoms with E-state index < -0.39 is 5.91 Å². The summed E-state index contributed by atoms with van der Waals surface area (Å²) in [6.45, 7) is 0. The lowest BCUT2D eigenvalue weighted by Gasteiger charge is -2.04. The summed E-state index contributed by atoms with van der Waals surface area (Å²) in [5.74, 6) is -0.220. The smallest absolute Gasteiger partial charge is 0.291 e. The highest BCUT2D eigenvalue weighted by Crippen LogP contribution is 2.21. The Balaban J connectivity index is 2.20. The summed E-state index contributed by atoms with van der Waals surface area (Å²) >= 11 is 8.90. The lowest BCUT2D eigenvalue weighted by molar-refractivity contribution is 0.0995. The van der Waals surface area contributed by atoms with E-state index in [1.54, 1.807) is 24.3 Å². The third-order valence-electron chi connectivity index (χ3n) is 2.14. The first-order chi connectivity index (χ1) is 8.60. The standard InChI is InChI=1S/C12H6BrClN2O2/c13-11-4-3-10(18-11)12(17)16-8-1-2-9(14)7(5-8)6-15/h1-5H,(H,16,17). The van der Waals surface area contributed by atoms with E-state index in [1.807, 2.05) is 6.07 Å². The molecule has 1 heterocycles. The highest BCUT2D eigenvalue weighted by molar-refractivity contribution is 9.10. The molecular weight excluding hydrogens is 320 g/mol. The van der Waals surface area contributed by atoms with Gasteiger partial charge in [0.25, 0.3) is 5.91 Å². The second-order valence-corrected chi connectivity index (χ2v) is 4.55. The van der Waals surface area contributed by atoms with E-state index in [4.69, 9.17) is 21.3 Å².